The van der Waals surface area contributed by atoms with Crippen molar-refractivity contribution in [2.75, 3.05) is 29.9 Å². The molecule has 1 fully saturated rings. The lowest BCUT2D eigenvalue weighted by Crippen LogP contribution is -2.43. The Hall–Kier alpha value is -2.40. The Morgan fingerprint density at radius 3 is 3.00 bits per heavy atom. The maximum absolute atomic E-state index is 12.3. The third-order valence-corrected chi connectivity index (χ3v) is 4.43. The highest BCUT2D eigenvalue weighted by Gasteiger charge is 2.25. The van der Waals surface area contributed by atoms with E-state index in [9.17, 15) is 9.90 Å². The molecule has 8 nitrogen and oxygen atoms in total. The summed E-state index contributed by atoms with van der Waals surface area (Å²) in [4.78, 5) is 23.2. The Morgan fingerprint density at radius 1 is 1.50 bits per heavy atom. The van der Waals surface area contributed by atoms with Crippen LogP contribution < -0.4 is 15.5 Å². The van der Waals surface area contributed by atoms with Gasteiger partial charge in [0.15, 0.2) is 0 Å². The molecular formula is C18H28N6O2. The van der Waals surface area contributed by atoms with Crippen molar-refractivity contribution in [2.24, 2.45) is 5.92 Å². The molecule has 2 atom stereocenters. The van der Waals surface area contributed by atoms with Gasteiger partial charge in [-0.2, -0.15) is 10.2 Å². The maximum Gasteiger partial charge on any atom is 0.243 e. The number of aliphatic hydroxyl groups excluding tert-OH is 1. The first-order chi connectivity index (χ1) is 12.5. The summed E-state index contributed by atoms with van der Waals surface area (Å²) in [6, 6.07) is 3.21. The van der Waals surface area contributed by atoms with E-state index >= 15 is 0 Å². The Bertz CT molecular complexity index is 630. The van der Waals surface area contributed by atoms with E-state index in [4.69, 9.17) is 5.26 Å². The van der Waals surface area contributed by atoms with Gasteiger partial charge in [-0.05, 0) is 37.7 Å². The molecule has 3 N–H and O–H groups in total. The van der Waals surface area contributed by atoms with Crippen molar-refractivity contribution in [3.63, 3.8) is 0 Å². The number of rotatable bonds is 8. The van der Waals surface area contributed by atoms with Gasteiger partial charge in [-0.25, -0.2) is 4.98 Å². The maximum atomic E-state index is 12.3. The zero-order valence-electron chi connectivity index (χ0n) is 15.5. The molecule has 2 heterocycles. The lowest BCUT2D eigenvalue weighted by atomic mass is 10.0. The van der Waals surface area contributed by atoms with Crippen LogP contribution in [0, 0.1) is 17.2 Å². The summed E-state index contributed by atoms with van der Waals surface area (Å²) in [5.41, 5.74) is 0. The molecule has 1 amide bonds. The van der Waals surface area contributed by atoms with Crippen LogP contribution in [0.25, 0.3) is 0 Å². The third kappa shape index (κ3) is 5.56. The van der Waals surface area contributed by atoms with E-state index in [1.165, 1.54) is 0 Å². The lowest BCUT2D eigenvalue weighted by molar-refractivity contribution is -0.121. The normalized spacial score (nSPS) is 18.3. The number of nitriles is 1. The molecule has 0 spiro atoms. The Kier molecular flexibility index (Phi) is 7.60. The molecule has 8 heteroatoms. The number of nitrogens with zero attached hydrogens (tertiary/aromatic N) is 4. The third-order valence-electron chi connectivity index (χ3n) is 4.43. The summed E-state index contributed by atoms with van der Waals surface area (Å²) in [5.74, 6) is 1.22. The second-order valence-corrected chi connectivity index (χ2v) is 6.97. The van der Waals surface area contributed by atoms with E-state index in [0.29, 0.717) is 24.1 Å². The van der Waals surface area contributed by atoms with Gasteiger partial charge in [-0.15, -0.1) is 0 Å². The Morgan fingerprint density at radius 2 is 2.31 bits per heavy atom. The fraction of sp³-hybridized carbons (Fsp3) is 0.667. The van der Waals surface area contributed by atoms with Gasteiger partial charge in [-0.3, -0.25) is 4.79 Å². The van der Waals surface area contributed by atoms with Crippen LogP contribution in [0.1, 0.15) is 39.5 Å². The molecule has 0 radical (unpaired) electrons. The van der Waals surface area contributed by atoms with Crippen molar-refractivity contribution in [2.45, 2.75) is 51.6 Å². The van der Waals surface area contributed by atoms with Gasteiger partial charge in [0.1, 0.15) is 18.4 Å². The minimum Gasteiger partial charge on any atom is -0.394 e. The van der Waals surface area contributed by atoms with Crippen LogP contribution in [0.2, 0.25) is 0 Å². The van der Waals surface area contributed by atoms with Crippen LogP contribution in [0.15, 0.2) is 12.3 Å². The highest BCUT2D eigenvalue weighted by atomic mass is 16.3. The molecule has 142 valence electrons. The van der Waals surface area contributed by atoms with Gasteiger partial charge in [-0.1, -0.05) is 13.8 Å². The molecular weight excluding hydrogens is 332 g/mol. The van der Waals surface area contributed by atoms with Crippen molar-refractivity contribution in [3.05, 3.63) is 12.3 Å². The summed E-state index contributed by atoms with van der Waals surface area (Å²) in [7, 11) is 0. The average molecular weight is 360 g/mol. The molecule has 1 saturated heterocycles. The second kappa shape index (κ2) is 9.92. The molecule has 1 unspecified atom stereocenters. The lowest BCUT2D eigenvalue weighted by Gasteiger charge is -2.34. The first-order valence-electron chi connectivity index (χ1n) is 9.17. The Balaban J connectivity index is 2.13. The van der Waals surface area contributed by atoms with E-state index in [1.54, 1.807) is 12.3 Å². The predicted octanol–water partition coefficient (Wildman–Crippen LogP) is 1.29. The average Bonchev–Trinajstić information content (AvgIpc) is 2.65. The van der Waals surface area contributed by atoms with E-state index in [2.05, 4.69) is 20.6 Å². The minimum atomic E-state index is -0.471. The monoisotopic (exact) mass is 360 g/mol. The number of nitrogens with one attached hydrogen (secondary N) is 2. The number of carbonyl (C=O) groups is 1. The summed E-state index contributed by atoms with van der Waals surface area (Å²) < 4.78 is 0. The van der Waals surface area contributed by atoms with Crippen molar-refractivity contribution < 1.29 is 9.90 Å². The Labute approximate surface area is 154 Å². The molecule has 1 aromatic heterocycles. The fourth-order valence-corrected chi connectivity index (χ4v) is 3.15. The highest BCUT2D eigenvalue weighted by Crippen LogP contribution is 2.22. The van der Waals surface area contributed by atoms with Crippen LogP contribution in [0.5, 0.6) is 0 Å². The minimum absolute atomic E-state index is 0.0178. The molecule has 1 aliphatic rings. The number of anilines is 2. The number of hydrogen-bond acceptors (Lipinski definition) is 7. The fourth-order valence-electron chi connectivity index (χ4n) is 3.15. The number of hydrogen-bond donors (Lipinski definition) is 3. The summed E-state index contributed by atoms with van der Waals surface area (Å²) in [6.45, 7) is 4.95. The van der Waals surface area contributed by atoms with Gasteiger partial charge in [0.25, 0.3) is 0 Å². The van der Waals surface area contributed by atoms with E-state index in [1.807, 2.05) is 24.8 Å². The van der Waals surface area contributed by atoms with E-state index < -0.39 is 6.04 Å². The zero-order chi connectivity index (χ0) is 18.9. The second-order valence-electron chi connectivity index (χ2n) is 6.97. The topological polar surface area (TPSA) is 114 Å². The molecule has 2 rings (SSSR count). The SMILES string of the molecule is CC(C)C[C@H](Nc1ccnc(N2CCCCC2CO)n1)C(=O)NCC#N. The molecule has 1 aromatic rings. The molecule has 1 aliphatic heterocycles. The first-order valence-corrected chi connectivity index (χ1v) is 9.17. The quantitative estimate of drug-likeness (QED) is 0.599. The van der Waals surface area contributed by atoms with Gasteiger partial charge < -0.3 is 20.6 Å². The van der Waals surface area contributed by atoms with Gasteiger partial charge in [0, 0.05) is 12.7 Å². The van der Waals surface area contributed by atoms with Gasteiger partial charge >= 0.3 is 0 Å². The number of aromatic nitrogens is 2. The number of aliphatic hydroxyl groups is 1. The van der Waals surface area contributed by atoms with Crippen LogP contribution in [0.4, 0.5) is 11.8 Å². The molecule has 0 bridgehead atoms. The summed E-state index contributed by atoms with van der Waals surface area (Å²) in [6.07, 6.45) is 5.34. The molecule has 0 aromatic carbocycles. The first kappa shape index (κ1) is 19.9. The zero-order valence-corrected chi connectivity index (χ0v) is 15.5. The van der Waals surface area contributed by atoms with E-state index in [-0.39, 0.29) is 25.1 Å². The summed E-state index contributed by atoms with van der Waals surface area (Å²) in [5, 5.41) is 24.0. The number of amides is 1. The van der Waals surface area contributed by atoms with Crippen LogP contribution >= 0.6 is 0 Å². The summed E-state index contributed by atoms with van der Waals surface area (Å²) >= 11 is 0. The van der Waals surface area contributed by atoms with Crippen molar-refractivity contribution >= 4 is 17.7 Å². The molecule has 0 saturated carbocycles. The molecule has 0 aliphatic carbocycles. The highest BCUT2D eigenvalue weighted by molar-refractivity contribution is 5.84. The van der Waals surface area contributed by atoms with Crippen LogP contribution in [-0.4, -0.2) is 52.8 Å². The van der Waals surface area contributed by atoms with E-state index in [0.717, 1.165) is 25.8 Å². The number of carbonyl (C=O) groups excluding carboxylic acids is 1. The van der Waals surface area contributed by atoms with Crippen molar-refractivity contribution in [3.8, 4) is 6.07 Å². The number of piperidine rings is 1. The van der Waals surface area contributed by atoms with Crippen LogP contribution in [0.3, 0.4) is 0 Å². The largest absolute Gasteiger partial charge is 0.394 e. The van der Waals surface area contributed by atoms with Gasteiger partial charge in [0.05, 0.1) is 18.7 Å². The van der Waals surface area contributed by atoms with Crippen molar-refractivity contribution in [1.82, 2.24) is 15.3 Å². The van der Waals surface area contributed by atoms with Crippen LogP contribution in [-0.2, 0) is 4.79 Å². The standard InChI is InChI=1S/C18H28N6O2/c1-13(2)11-15(17(26)20-9-7-19)22-16-6-8-21-18(23-16)24-10-4-3-5-14(24)12-25/h6,8,13-15,25H,3-5,9-12H2,1-2H3,(H,20,26)(H,21,22,23)/t14?,15-/m0/s1. The van der Waals surface area contributed by atoms with Gasteiger partial charge in [0.2, 0.25) is 11.9 Å². The van der Waals surface area contributed by atoms with Crippen molar-refractivity contribution in [1.29, 1.82) is 5.26 Å². The molecule has 26 heavy (non-hydrogen) atoms. The predicted molar refractivity (Wildman–Crippen MR) is 99.6 cm³/mol. The smallest absolute Gasteiger partial charge is 0.243 e.